The Morgan fingerprint density at radius 3 is 2.54 bits per heavy atom. The molecular weight excluding hydrogens is 344 g/mol. The molecule has 2 heterocycles. The Morgan fingerprint density at radius 2 is 1.92 bits per heavy atom. The third kappa shape index (κ3) is 3.76. The zero-order valence-corrected chi connectivity index (χ0v) is 15.9. The second-order valence-corrected chi connectivity index (χ2v) is 8.23. The molecule has 0 atom stereocenters. The molecule has 6 heteroatoms. The van der Waals surface area contributed by atoms with Gasteiger partial charge in [0.25, 0.3) is 0 Å². The van der Waals surface area contributed by atoms with Crippen LogP contribution in [0.25, 0.3) is 0 Å². The maximum atomic E-state index is 12.5. The van der Waals surface area contributed by atoms with Crippen LogP contribution in [0.4, 0.5) is 5.13 Å². The first kappa shape index (κ1) is 17.5. The number of carbonyl (C=O) groups is 1. The minimum absolute atomic E-state index is 0.148. The molecule has 2 fully saturated rings. The van der Waals surface area contributed by atoms with Gasteiger partial charge in [-0.3, -0.25) is 9.69 Å². The van der Waals surface area contributed by atoms with Crippen LogP contribution in [0.15, 0.2) is 41.9 Å². The minimum Gasteiger partial charge on any atom is -0.354 e. The molecule has 1 saturated heterocycles. The summed E-state index contributed by atoms with van der Waals surface area (Å²) < 4.78 is 0. The van der Waals surface area contributed by atoms with E-state index in [-0.39, 0.29) is 11.3 Å². The van der Waals surface area contributed by atoms with Gasteiger partial charge < -0.3 is 10.2 Å². The average molecular weight is 371 g/mol. The molecular formula is C20H26N4OS. The van der Waals surface area contributed by atoms with Gasteiger partial charge in [-0.2, -0.15) is 0 Å². The van der Waals surface area contributed by atoms with Crippen molar-refractivity contribution in [1.29, 1.82) is 0 Å². The van der Waals surface area contributed by atoms with Crippen LogP contribution in [0.3, 0.4) is 0 Å². The van der Waals surface area contributed by atoms with Crippen molar-refractivity contribution in [3.05, 3.63) is 47.5 Å². The third-order valence-corrected chi connectivity index (χ3v) is 6.58. The van der Waals surface area contributed by atoms with Crippen molar-refractivity contribution >= 4 is 22.4 Å². The van der Waals surface area contributed by atoms with Gasteiger partial charge in [0.05, 0.1) is 6.54 Å². The highest BCUT2D eigenvalue weighted by Gasteiger charge is 2.38. The van der Waals surface area contributed by atoms with Gasteiger partial charge in [-0.15, -0.1) is 11.3 Å². The number of aromatic nitrogens is 1. The second kappa shape index (κ2) is 7.76. The highest BCUT2D eigenvalue weighted by atomic mass is 32.1. The van der Waals surface area contributed by atoms with Crippen LogP contribution in [-0.4, -0.2) is 55.1 Å². The van der Waals surface area contributed by atoms with E-state index < -0.39 is 0 Å². The summed E-state index contributed by atoms with van der Waals surface area (Å²) in [5.41, 5.74) is 1.52. The van der Waals surface area contributed by atoms with Crippen LogP contribution in [0.1, 0.15) is 24.8 Å². The van der Waals surface area contributed by atoms with Gasteiger partial charge in [0.15, 0.2) is 5.13 Å². The Hall–Kier alpha value is -1.92. The second-order valence-electron chi connectivity index (χ2n) is 7.35. The lowest BCUT2D eigenvalue weighted by molar-refractivity contribution is -0.122. The van der Waals surface area contributed by atoms with Crippen molar-refractivity contribution in [3.63, 3.8) is 0 Å². The smallest absolute Gasteiger partial charge is 0.234 e. The predicted octanol–water partition coefficient (Wildman–Crippen LogP) is 2.50. The first-order valence-corrected chi connectivity index (χ1v) is 10.3. The molecule has 0 unspecified atom stereocenters. The fourth-order valence-electron chi connectivity index (χ4n) is 3.96. The molecule has 4 rings (SSSR count). The monoisotopic (exact) mass is 370 g/mol. The first-order chi connectivity index (χ1) is 12.8. The van der Waals surface area contributed by atoms with E-state index in [9.17, 15) is 4.79 Å². The van der Waals surface area contributed by atoms with E-state index in [1.54, 1.807) is 11.3 Å². The molecule has 1 aliphatic carbocycles. The summed E-state index contributed by atoms with van der Waals surface area (Å²) in [7, 11) is 0. The number of rotatable bonds is 6. The molecule has 26 heavy (non-hydrogen) atoms. The first-order valence-electron chi connectivity index (χ1n) is 9.44. The zero-order valence-electron chi connectivity index (χ0n) is 15.1. The number of benzene rings is 1. The van der Waals surface area contributed by atoms with E-state index in [0.29, 0.717) is 6.54 Å². The molecule has 0 bridgehead atoms. The topological polar surface area (TPSA) is 48.5 Å². The van der Waals surface area contributed by atoms with E-state index in [2.05, 4.69) is 50.4 Å². The van der Waals surface area contributed by atoms with Crippen molar-refractivity contribution in [3.8, 4) is 0 Å². The Kier molecular flexibility index (Phi) is 5.22. The van der Waals surface area contributed by atoms with Gasteiger partial charge in [-0.25, -0.2) is 4.98 Å². The summed E-state index contributed by atoms with van der Waals surface area (Å²) in [5.74, 6) is 0.148. The van der Waals surface area contributed by atoms with E-state index >= 15 is 0 Å². The van der Waals surface area contributed by atoms with Crippen LogP contribution in [0, 0.1) is 0 Å². The third-order valence-electron chi connectivity index (χ3n) is 5.75. The maximum Gasteiger partial charge on any atom is 0.234 e. The molecule has 1 N–H and O–H groups in total. The molecule has 1 aromatic heterocycles. The lowest BCUT2D eigenvalue weighted by Crippen LogP contribution is -2.51. The van der Waals surface area contributed by atoms with Crippen LogP contribution in [-0.2, 0) is 10.2 Å². The van der Waals surface area contributed by atoms with E-state index in [1.807, 2.05) is 11.6 Å². The molecule has 1 saturated carbocycles. The Morgan fingerprint density at radius 1 is 1.15 bits per heavy atom. The van der Waals surface area contributed by atoms with Gasteiger partial charge in [0.2, 0.25) is 5.91 Å². The number of hydrogen-bond acceptors (Lipinski definition) is 5. The molecule has 2 aromatic rings. The van der Waals surface area contributed by atoms with Crippen molar-refractivity contribution in [2.75, 3.05) is 44.2 Å². The minimum atomic E-state index is 0.148. The summed E-state index contributed by atoms with van der Waals surface area (Å²) in [6, 6.07) is 10.6. The van der Waals surface area contributed by atoms with E-state index in [1.165, 1.54) is 24.8 Å². The van der Waals surface area contributed by atoms with Gasteiger partial charge in [0, 0.05) is 49.7 Å². The number of thiazole rings is 1. The molecule has 1 aromatic carbocycles. The highest BCUT2D eigenvalue weighted by Crippen LogP contribution is 2.43. The summed E-state index contributed by atoms with van der Waals surface area (Å²) in [4.78, 5) is 21.4. The SMILES string of the molecule is O=C(CN1CCN(c2nccs2)CC1)NCC1(c2ccccc2)CCC1. The maximum absolute atomic E-state index is 12.5. The molecule has 2 aliphatic rings. The molecule has 0 spiro atoms. The lowest BCUT2D eigenvalue weighted by atomic mass is 9.64. The summed E-state index contributed by atoms with van der Waals surface area (Å²) in [6.07, 6.45) is 5.44. The number of piperazine rings is 1. The molecule has 1 amide bonds. The summed E-state index contributed by atoms with van der Waals surface area (Å²) in [6.45, 7) is 4.96. The van der Waals surface area contributed by atoms with Crippen LogP contribution < -0.4 is 10.2 Å². The average Bonchev–Trinajstić information content (AvgIpc) is 3.17. The number of nitrogens with zero attached hydrogens (tertiary/aromatic N) is 3. The number of carbonyl (C=O) groups excluding carboxylic acids is 1. The summed E-state index contributed by atoms with van der Waals surface area (Å²) in [5, 5.41) is 6.30. The van der Waals surface area contributed by atoms with Crippen LogP contribution in [0.2, 0.25) is 0 Å². The van der Waals surface area contributed by atoms with Gasteiger partial charge in [-0.1, -0.05) is 36.8 Å². The quantitative estimate of drug-likeness (QED) is 0.849. The standard InChI is InChI=1S/C20H26N4OS/c25-18(15-23-10-12-24(13-11-23)19-21-9-14-26-19)22-16-20(7-4-8-20)17-5-2-1-3-6-17/h1-3,5-6,9,14H,4,7-8,10-13,15-16H2,(H,22,25). The summed E-state index contributed by atoms with van der Waals surface area (Å²) >= 11 is 1.68. The Bertz CT molecular complexity index is 707. The molecule has 0 radical (unpaired) electrons. The predicted molar refractivity (Wildman–Crippen MR) is 106 cm³/mol. The number of nitrogens with one attached hydrogen (secondary N) is 1. The molecule has 5 nitrogen and oxygen atoms in total. The Labute approximate surface area is 159 Å². The van der Waals surface area contributed by atoms with Gasteiger partial charge >= 0.3 is 0 Å². The van der Waals surface area contributed by atoms with Crippen molar-refractivity contribution in [1.82, 2.24) is 15.2 Å². The largest absolute Gasteiger partial charge is 0.354 e. The van der Waals surface area contributed by atoms with Crippen molar-refractivity contribution in [2.24, 2.45) is 0 Å². The van der Waals surface area contributed by atoms with Gasteiger partial charge in [0.1, 0.15) is 0 Å². The molecule has 1 aliphatic heterocycles. The van der Waals surface area contributed by atoms with E-state index in [4.69, 9.17) is 0 Å². The van der Waals surface area contributed by atoms with E-state index in [0.717, 1.165) is 37.9 Å². The molecule has 138 valence electrons. The fourth-order valence-corrected chi connectivity index (χ4v) is 4.66. The van der Waals surface area contributed by atoms with Gasteiger partial charge in [-0.05, 0) is 18.4 Å². The van der Waals surface area contributed by atoms with Crippen LogP contribution in [0.5, 0.6) is 0 Å². The van der Waals surface area contributed by atoms with Crippen molar-refractivity contribution in [2.45, 2.75) is 24.7 Å². The number of anilines is 1. The zero-order chi connectivity index (χ0) is 17.8. The van der Waals surface area contributed by atoms with Crippen LogP contribution >= 0.6 is 11.3 Å². The lowest BCUT2D eigenvalue weighted by Gasteiger charge is -2.43. The normalized spacial score (nSPS) is 19.8. The number of hydrogen-bond donors (Lipinski definition) is 1. The van der Waals surface area contributed by atoms with Crippen molar-refractivity contribution < 1.29 is 4.79 Å². The fraction of sp³-hybridized carbons (Fsp3) is 0.500. The highest BCUT2D eigenvalue weighted by molar-refractivity contribution is 7.13. The number of amides is 1. The Balaban J connectivity index is 1.25.